The van der Waals surface area contributed by atoms with Gasteiger partial charge in [0.05, 0.1) is 28.6 Å². The predicted octanol–water partition coefficient (Wildman–Crippen LogP) is 4.80. The van der Waals surface area contributed by atoms with E-state index in [9.17, 15) is 4.79 Å². The van der Waals surface area contributed by atoms with Crippen molar-refractivity contribution < 1.29 is 9.53 Å². The van der Waals surface area contributed by atoms with Crippen molar-refractivity contribution in [3.05, 3.63) is 84.8 Å². The standard InChI is InChI=1S/C23H17N5O2S/c1-30-17-9-10-19-20(12-17)31-23(25-19)26-22(29)18-14-28(16-7-3-2-4-8-16)27-21(18)15-6-5-11-24-13-15/h2-14H,1H3,(H,25,26,29). The summed E-state index contributed by atoms with van der Waals surface area (Å²) in [7, 11) is 1.62. The van der Waals surface area contributed by atoms with Crippen molar-refractivity contribution in [1.82, 2.24) is 19.7 Å². The molecule has 0 saturated carbocycles. The lowest BCUT2D eigenvalue weighted by Gasteiger charge is -2.02. The van der Waals surface area contributed by atoms with Crippen LogP contribution < -0.4 is 10.1 Å². The van der Waals surface area contributed by atoms with Gasteiger partial charge in [-0.2, -0.15) is 5.10 Å². The molecule has 0 spiro atoms. The zero-order valence-electron chi connectivity index (χ0n) is 16.5. The van der Waals surface area contributed by atoms with E-state index in [1.807, 2.05) is 60.7 Å². The third-order valence-corrected chi connectivity index (χ3v) is 5.66. The van der Waals surface area contributed by atoms with Gasteiger partial charge >= 0.3 is 0 Å². The van der Waals surface area contributed by atoms with E-state index in [-0.39, 0.29) is 5.91 Å². The highest BCUT2D eigenvalue weighted by molar-refractivity contribution is 7.22. The second kappa shape index (κ2) is 8.00. The first kappa shape index (κ1) is 19.0. The van der Waals surface area contributed by atoms with Crippen LogP contribution in [-0.4, -0.2) is 32.8 Å². The molecule has 0 unspecified atom stereocenters. The molecular weight excluding hydrogens is 410 g/mol. The van der Waals surface area contributed by atoms with Crippen LogP contribution in [0.5, 0.6) is 5.75 Å². The summed E-state index contributed by atoms with van der Waals surface area (Å²) in [5.74, 6) is 0.462. The molecule has 3 aromatic heterocycles. The first-order chi connectivity index (χ1) is 15.2. The summed E-state index contributed by atoms with van der Waals surface area (Å²) >= 11 is 1.39. The number of methoxy groups -OCH3 is 1. The molecule has 0 aliphatic heterocycles. The summed E-state index contributed by atoms with van der Waals surface area (Å²) in [5, 5.41) is 8.09. The Morgan fingerprint density at radius 2 is 1.97 bits per heavy atom. The van der Waals surface area contributed by atoms with Gasteiger partial charge in [0.25, 0.3) is 5.91 Å². The molecule has 0 saturated heterocycles. The average Bonchev–Trinajstić information content (AvgIpc) is 3.44. The zero-order valence-corrected chi connectivity index (χ0v) is 17.3. The molecule has 5 rings (SSSR count). The van der Waals surface area contributed by atoms with Gasteiger partial charge in [0.1, 0.15) is 11.4 Å². The van der Waals surface area contributed by atoms with Crippen molar-refractivity contribution in [3.63, 3.8) is 0 Å². The number of anilines is 1. The number of pyridine rings is 1. The number of hydrogen-bond acceptors (Lipinski definition) is 6. The molecule has 152 valence electrons. The van der Waals surface area contributed by atoms with Crippen LogP contribution in [0.25, 0.3) is 27.2 Å². The molecule has 1 N–H and O–H groups in total. The number of hydrogen-bond donors (Lipinski definition) is 1. The summed E-state index contributed by atoms with van der Waals surface area (Å²) in [6.07, 6.45) is 5.11. The molecule has 0 aliphatic carbocycles. The average molecular weight is 427 g/mol. The number of fused-ring (bicyclic) bond motifs is 1. The number of benzene rings is 2. The number of nitrogens with one attached hydrogen (secondary N) is 1. The first-order valence-corrected chi connectivity index (χ1v) is 10.3. The molecule has 2 aromatic carbocycles. The van der Waals surface area contributed by atoms with E-state index in [1.54, 1.807) is 30.4 Å². The van der Waals surface area contributed by atoms with Crippen LogP contribution >= 0.6 is 11.3 Å². The van der Waals surface area contributed by atoms with Crippen LogP contribution in [-0.2, 0) is 0 Å². The third kappa shape index (κ3) is 3.76. The van der Waals surface area contributed by atoms with E-state index in [4.69, 9.17) is 4.74 Å². The Morgan fingerprint density at radius 3 is 2.74 bits per heavy atom. The lowest BCUT2D eigenvalue weighted by molar-refractivity contribution is 0.102. The molecule has 0 atom stereocenters. The predicted molar refractivity (Wildman–Crippen MR) is 121 cm³/mol. The first-order valence-electron chi connectivity index (χ1n) is 9.53. The number of aromatic nitrogens is 4. The van der Waals surface area contributed by atoms with Crippen LogP contribution in [0.1, 0.15) is 10.4 Å². The van der Waals surface area contributed by atoms with Gasteiger partial charge in [0, 0.05) is 24.2 Å². The summed E-state index contributed by atoms with van der Waals surface area (Å²) in [5.41, 5.74) is 3.41. The highest BCUT2D eigenvalue weighted by Gasteiger charge is 2.20. The third-order valence-electron chi connectivity index (χ3n) is 4.73. The molecule has 31 heavy (non-hydrogen) atoms. The Balaban J connectivity index is 1.52. The Labute approximate surface area is 182 Å². The molecule has 0 radical (unpaired) electrons. The quantitative estimate of drug-likeness (QED) is 0.435. The van der Waals surface area contributed by atoms with Gasteiger partial charge in [-0.25, -0.2) is 9.67 Å². The fraction of sp³-hybridized carbons (Fsp3) is 0.0435. The fourth-order valence-corrected chi connectivity index (χ4v) is 4.11. The van der Waals surface area contributed by atoms with Gasteiger partial charge in [-0.1, -0.05) is 29.5 Å². The minimum atomic E-state index is -0.285. The van der Waals surface area contributed by atoms with Crippen LogP contribution in [0.2, 0.25) is 0 Å². The van der Waals surface area contributed by atoms with E-state index < -0.39 is 0 Å². The highest BCUT2D eigenvalue weighted by Crippen LogP contribution is 2.30. The van der Waals surface area contributed by atoms with Gasteiger partial charge in [-0.05, 0) is 42.5 Å². The second-order valence-electron chi connectivity index (χ2n) is 6.72. The van der Waals surface area contributed by atoms with Crippen molar-refractivity contribution in [3.8, 4) is 22.7 Å². The van der Waals surface area contributed by atoms with Gasteiger partial charge < -0.3 is 4.74 Å². The van der Waals surface area contributed by atoms with Gasteiger partial charge in [0.15, 0.2) is 5.13 Å². The Hall–Kier alpha value is -4.04. The zero-order chi connectivity index (χ0) is 21.2. The Morgan fingerprint density at radius 1 is 1.10 bits per heavy atom. The largest absolute Gasteiger partial charge is 0.497 e. The van der Waals surface area contributed by atoms with Crippen molar-refractivity contribution in [2.24, 2.45) is 0 Å². The number of para-hydroxylation sites is 1. The van der Waals surface area contributed by atoms with E-state index >= 15 is 0 Å². The van der Waals surface area contributed by atoms with Gasteiger partial charge in [0.2, 0.25) is 0 Å². The minimum absolute atomic E-state index is 0.285. The van der Waals surface area contributed by atoms with Crippen LogP contribution in [0, 0.1) is 0 Å². The number of rotatable bonds is 5. The molecule has 5 aromatic rings. The molecule has 0 fully saturated rings. The molecular formula is C23H17N5O2S. The Bertz CT molecular complexity index is 1360. The SMILES string of the molecule is COc1ccc2nc(NC(=O)c3cn(-c4ccccc4)nc3-c3cccnc3)sc2c1. The Kier molecular flexibility index (Phi) is 4.89. The molecule has 0 aliphatic rings. The number of amides is 1. The van der Waals surface area contributed by atoms with Crippen molar-refractivity contribution >= 4 is 32.6 Å². The van der Waals surface area contributed by atoms with Gasteiger partial charge in [-0.3, -0.25) is 15.1 Å². The fourth-order valence-electron chi connectivity index (χ4n) is 3.22. The molecule has 0 bridgehead atoms. The van der Waals surface area contributed by atoms with Crippen molar-refractivity contribution in [2.45, 2.75) is 0 Å². The summed E-state index contributed by atoms with van der Waals surface area (Å²) in [4.78, 5) is 21.9. The maximum atomic E-state index is 13.2. The number of thiazole rings is 1. The summed E-state index contributed by atoms with van der Waals surface area (Å²) in [6, 6.07) is 19.0. The monoisotopic (exact) mass is 427 g/mol. The lowest BCUT2D eigenvalue weighted by atomic mass is 10.1. The van der Waals surface area contributed by atoms with Crippen molar-refractivity contribution in [1.29, 1.82) is 0 Å². The van der Waals surface area contributed by atoms with E-state index in [2.05, 4.69) is 20.4 Å². The van der Waals surface area contributed by atoms with E-state index in [0.717, 1.165) is 27.2 Å². The molecule has 8 heteroatoms. The smallest absolute Gasteiger partial charge is 0.261 e. The summed E-state index contributed by atoms with van der Waals surface area (Å²) in [6.45, 7) is 0. The molecule has 7 nitrogen and oxygen atoms in total. The number of carbonyl (C=O) groups is 1. The van der Waals surface area contributed by atoms with Crippen molar-refractivity contribution in [2.75, 3.05) is 12.4 Å². The lowest BCUT2D eigenvalue weighted by Crippen LogP contribution is -2.12. The topological polar surface area (TPSA) is 81.9 Å². The normalized spacial score (nSPS) is 10.9. The van der Waals surface area contributed by atoms with Crippen LogP contribution in [0.15, 0.2) is 79.3 Å². The van der Waals surface area contributed by atoms with Gasteiger partial charge in [-0.15, -0.1) is 0 Å². The van der Waals surface area contributed by atoms with Crippen LogP contribution in [0.3, 0.4) is 0 Å². The maximum Gasteiger partial charge on any atom is 0.261 e. The molecule has 1 amide bonds. The maximum absolute atomic E-state index is 13.2. The minimum Gasteiger partial charge on any atom is -0.497 e. The second-order valence-corrected chi connectivity index (χ2v) is 7.75. The molecule has 3 heterocycles. The van der Waals surface area contributed by atoms with Crippen LogP contribution in [0.4, 0.5) is 5.13 Å². The number of ether oxygens (including phenoxy) is 1. The van der Waals surface area contributed by atoms with E-state index in [0.29, 0.717) is 16.4 Å². The van der Waals surface area contributed by atoms with E-state index in [1.165, 1.54) is 11.3 Å². The number of carbonyl (C=O) groups excluding carboxylic acids is 1. The highest BCUT2D eigenvalue weighted by atomic mass is 32.1. The number of nitrogens with zero attached hydrogens (tertiary/aromatic N) is 4. The summed E-state index contributed by atoms with van der Waals surface area (Å²) < 4.78 is 7.89.